The molecule has 2 aromatic rings. The Morgan fingerprint density at radius 3 is 2.27 bits per heavy atom. The maximum atomic E-state index is 5.49. The fraction of sp³-hybridized carbons (Fsp3) is 0.500. The van der Waals surface area contributed by atoms with Gasteiger partial charge in [0.1, 0.15) is 0 Å². The lowest BCUT2D eigenvalue weighted by atomic mass is 10.1. The van der Waals surface area contributed by atoms with Crippen LogP contribution in [0.3, 0.4) is 0 Å². The van der Waals surface area contributed by atoms with Gasteiger partial charge in [0.2, 0.25) is 0 Å². The highest BCUT2D eigenvalue weighted by Gasteiger charge is 2.23. The van der Waals surface area contributed by atoms with E-state index >= 15 is 0 Å². The van der Waals surface area contributed by atoms with Gasteiger partial charge in [0.15, 0.2) is 5.96 Å². The molecule has 6 nitrogen and oxygen atoms in total. The molecular formula is C26H38IN5O. The number of rotatable bonds is 8. The van der Waals surface area contributed by atoms with Gasteiger partial charge < -0.3 is 15.4 Å². The zero-order valence-electron chi connectivity index (χ0n) is 19.7. The van der Waals surface area contributed by atoms with Crippen molar-refractivity contribution in [1.82, 2.24) is 20.4 Å². The SMILES string of the molecule is CN=C(NCc1ccccc1CN1CCOCC1)NCC(c1ccccc1)N1CCCC1.I. The Labute approximate surface area is 215 Å². The normalized spacial score (nSPS) is 18.5. The monoisotopic (exact) mass is 563 g/mol. The van der Waals surface area contributed by atoms with Crippen LogP contribution in [0.4, 0.5) is 0 Å². The predicted molar refractivity (Wildman–Crippen MR) is 146 cm³/mol. The van der Waals surface area contributed by atoms with Gasteiger partial charge in [-0.2, -0.15) is 0 Å². The summed E-state index contributed by atoms with van der Waals surface area (Å²) in [6.45, 7) is 8.58. The first kappa shape index (κ1) is 25.9. The molecule has 2 aromatic carbocycles. The standard InChI is InChI=1S/C26H37N5O.HI/c1-27-26(29-20-25(31-13-7-8-14-31)22-9-3-2-4-10-22)28-19-23-11-5-6-12-24(23)21-30-15-17-32-18-16-30;/h2-6,9-12,25H,7-8,13-21H2,1H3,(H2,27,28,29);1H. The van der Waals surface area contributed by atoms with Gasteiger partial charge in [-0.25, -0.2) is 0 Å². The molecule has 180 valence electrons. The van der Waals surface area contributed by atoms with Gasteiger partial charge in [0, 0.05) is 39.8 Å². The molecule has 0 radical (unpaired) electrons. The summed E-state index contributed by atoms with van der Waals surface area (Å²) in [6.07, 6.45) is 2.58. The topological polar surface area (TPSA) is 52.1 Å². The Morgan fingerprint density at radius 2 is 1.58 bits per heavy atom. The van der Waals surface area contributed by atoms with E-state index in [-0.39, 0.29) is 24.0 Å². The van der Waals surface area contributed by atoms with Crippen LogP contribution in [0.5, 0.6) is 0 Å². The first-order chi connectivity index (χ1) is 15.8. The van der Waals surface area contributed by atoms with Gasteiger partial charge in [-0.05, 0) is 42.6 Å². The lowest BCUT2D eigenvalue weighted by molar-refractivity contribution is 0.0341. The number of guanidine groups is 1. The van der Waals surface area contributed by atoms with Crippen LogP contribution in [0.1, 0.15) is 35.6 Å². The van der Waals surface area contributed by atoms with Crippen LogP contribution >= 0.6 is 24.0 Å². The molecule has 2 fully saturated rings. The van der Waals surface area contributed by atoms with E-state index in [0.29, 0.717) is 6.04 Å². The molecule has 0 amide bonds. The van der Waals surface area contributed by atoms with Gasteiger partial charge in [-0.3, -0.25) is 14.8 Å². The van der Waals surface area contributed by atoms with E-state index in [1.807, 2.05) is 7.05 Å². The molecule has 4 rings (SSSR count). The van der Waals surface area contributed by atoms with Crippen LogP contribution in [0.25, 0.3) is 0 Å². The van der Waals surface area contributed by atoms with Crippen LogP contribution in [-0.4, -0.2) is 68.7 Å². The number of hydrogen-bond acceptors (Lipinski definition) is 4. The molecule has 2 heterocycles. The number of nitrogens with zero attached hydrogens (tertiary/aromatic N) is 3. The van der Waals surface area contributed by atoms with Crippen molar-refractivity contribution >= 4 is 29.9 Å². The summed E-state index contributed by atoms with van der Waals surface area (Å²) in [6, 6.07) is 19.9. The van der Waals surface area contributed by atoms with Crippen LogP contribution in [-0.2, 0) is 17.8 Å². The first-order valence-electron chi connectivity index (χ1n) is 11.9. The third kappa shape index (κ3) is 7.67. The van der Waals surface area contributed by atoms with Gasteiger partial charge in [-0.1, -0.05) is 54.6 Å². The molecule has 1 unspecified atom stereocenters. The predicted octanol–water partition coefficient (Wildman–Crippen LogP) is 3.64. The molecule has 0 bridgehead atoms. The minimum Gasteiger partial charge on any atom is -0.379 e. The number of benzene rings is 2. The highest BCUT2D eigenvalue weighted by Crippen LogP contribution is 2.24. The third-order valence-electron chi connectivity index (χ3n) is 6.51. The molecule has 0 aromatic heterocycles. The Balaban J connectivity index is 0.00000306. The van der Waals surface area contributed by atoms with Crippen molar-refractivity contribution in [3.05, 3.63) is 71.3 Å². The van der Waals surface area contributed by atoms with E-state index in [0.717, 1.165) is 51.9 Å². The Hall–Kier alpha value is -1.68. The number of likely N-dealkylation sites (tertiary alicyclic amines) is 1. The van der Waals surface area contributed by atoms with Crippen LogP contribution in [0, 0.1) is 0 Å². The van der Waals surface area contributed by atoms with Crippen molar-refractivity contribution in [3.8, 4) is 0 Å². The molecule has 0 spiro atoms. The zero-order chi connectivity index (χ0) is 22.0. The zero-order valence-corrected chi connectivity index (χ0v) is 22.0. The highest BCUT2D eigenvalue weighted by molar-refractivity contribution is 14.0. The summed E-state index contributed by atoms with van der Waals surface area (Å²) in [4.78, 5) is 9.55. The number of hydrogen-bond donors (Lipinski definition) is 2. The number of halogens is 1. The van der Waals surface area contributed by atoms with E-state index in [1.165, 1.54) is 42.6 Å². The van der Waals surface area contributed by atoms with Gasteiger partial charge >= 0.3 is 0 Å². The molecule has 2 aliphatic rings. The Bertz CT molecular complexity index is 851. The molecule has 1 atom stereocenters. The van der Waals surface area contributed by atoms with Crippen molar-refractivity contribution < 1.29 is 4.74 Å². The lowest BCUT2D eigenvalue weighted by Gasteiger charge is -2.29. The summed E-state index contributed by atoms with van der Waals surface area (Å²) < 4.78 is 5.49. The molecular weight excluding hydrogens is 525 g/mol. The van der Waals surface area contributed by atoms with Crippen LogP contribution < -0.4 is 10.6 Å². The third-order valence-corrected chi connectivity index (χ3v) is 6.51. The first-order valence-corrected chi connectivity index (χ1v) is 11.9. The fourth-order valence-corrected chi connectivity index (χ4v) is 4.66. The van der Waals surface area contributed by atoms with Crippen molar-refractivity contribution in [2.24, 2.45) is 4.99 Å². The van der Waals surface area contributed by atoms with E-state index in [1.54, 1.807) is 0 Å². The van der Waals surface area contributed by atoms with Crippen molar-refractivity contribution in [2.75, 3.05) is 53.0 Å². The molecule has 7 heteroatoms. The minimum absolute atomic E-state index is 0. The lowest BCUT2D eigenvalue weighted by Crippen LogP contribution is -2.42. The Morgan fingerprint density at radius 1 is 0.909 bits per heavy atom. The molecule has 2 N–H and O–H groups in total. The molecule has 2 saturated heterocycles. The summed E-state index contributed by atoms with van der Waals surface area (Å²) in [5, 5.41) is 7.12. The second-order valence-corrected chi connectivity index (χ2v) is 8.63. The van der Waals surface area contributed by atoms with E-state index in [9.17, 15) is 0 Å². The number of nitrogens with one attached hydrogen (secondary N) is 2. The number of morpholine rings is 1. The summed E-state index contributed by atoms with van der Waals surface area (Å²) in [7, 11) is 1.85. The largest absolute Gasteiger partial charge is 0.379 e. The van der Waals surface area contributed by atoms with E-state index in [2.05, 4.69) is 80.0 Å². The van der Waals surface area contributed by atoms with Gasteiger partial charge in [0.05, 0.1) is 19.3 Å². The molecule has 2 aliphatic heterocycles. The average Bonchev–Trinajstić information content (AvgIpc) is 3.38. The number of aliphatic imine (C=N–C) groups is 1. The van der Waals surface area contributed by atoms with Crippen molar-refractivity contribution in [2.45, 2.75) is 32.0 Å². The van der Waals surface area contributed by atoms with Crippen LogP contribution in [0.2, 0.25) is 0 Å². The molecule has 0 aliphatic carbocycles. The quantitative estimate of drug-likeness (QED) is 0.292. The van der Waals surface area contributed by atoms with E-state index in [4.69, 9.17) is 4.74 Å². The highest BCUT2D eigenvalue weighted by atomic mass is 127. The fourth-order valence-electron chi connectivity index (χ4n) is 4.66. The summed E-state index contributed by atoms with van der Waals surface area (Å²) >= 11 is 0. The van der Waals surface area contributed by atoms with Crippen molar-refractivity contribution in [1.29, 1.82) is 0 Å². The van der Waals surface area contributed by atoms with Gasteiger partial charge in [-0.15, -0.1) is 24.0 Å². The molecule has 0 saturated carbocycles. The second kappa shape index (κ2) is 13.9. The van der Waals surface area contributed by atoms with Crippen molar-refractivity contribution in [3.63, 3.8) is 0 Å². The molecule has 33 heavy (non-hydrogen) atoms. The number of ether oxygens (including phenoxy) is 1. The van der Waals surface area contributed by atoms with Gasteiger partial charge in [0.25, 0.3) is 0 Å². The summed E-state index contributed by atoms with van der Waals surface area (Å²) in [5.41, 5.74) is 4.06. The average molecular weight is 564 g/mol. The Kier molecular flexibility index (Phi) is 10.9. The minimum atomic E-state index is 0. The van der Waals surface area contributed by atoms with E-state index < -0.39 is 0 Å². The maximum Gasteiger partial charge on any atom is 0.191 e. The second-order valence-electron chi connectivity index (χ2n) is 8.63. The van der Waals surface area contributed by atoms with Crippen LogP contribution in [0.15, 0.2) is 59.6 Å². The maximum absolute atomic E-state index is 5.49. The summed E-state index contributed by atoms with van der Waals surface area (Å²) in [5.74, 6) is 0.853. The smallest absolute Gasteiger partial charge is 0.191 e.